The average molecular weight is 168 g/mol. The fraction of sp³-hybridized carbons (Fsp3) is 0.667. The van der Waals surface area contributed by atoms with E-state index in [1.807, 2.05) is 11.8 Å². The van der Waals surface area contributed by atoms with Gasteiger partial charge in [-0.25, -0.2) is 0 Å². The van der Waals surface area contributed by atoms with Gasteiger partial charge in [0.25, 0.3) is 0 Å². The standard InChI is InChI=1S/C9H12OS/c10-5-9-8-4-2-1-3-7(8)6-11-9/h4-5,7,9H,1-3,6H2. The SMILES string of the molecule is O=CC1SCC2CCCC=C21. The highest BCUT2D eigenvalue weighted by molar-refractivity contribution is 8.01. The van der Waals surface area contributed by atoms with Gasteiger partial charge >= 0.3 is 0 Å². The maximum Gasteiger partial charge on any atom is 0.137 e. The highest BCUT2D eigenvalue weighted by atomic mass is 32.2. The lowest BCUT2D eigenvalue weighted by molar-refractivity contribution is -0.106. The summed E-state index contributed by atoms with van der Waals surface area (Å²) in [7, 11) is 0. The molecule has 0 spiro atoms. The zero-order valence-corrected chi connectivity index (χ0v) is 7.27. The maximum absolute atomic E-state index is 10.6. The van der Waals surface area contributed by atoms with E-state index < -0.39 is 0 Å². The van der Waals surface area contributed by atoms with E-state index in [0.717, 1.165) is 12.2 Å². The van der Waals surface area contributed by atoms with Crippen LogP contribution in [0, 0.1) is 5.92 Å². The predicted molar refractivity (Wildman–Crippen MR) is 47.7 cm³/mol. The molecule has 1 fully saturated rings. The van der Waals surface area contributed by atoms with Crippen molar-refractivity contribution >= 4 is 18.0 Å². The molecule has 2 rings (SSSR count). The second-order valence-electron chi connectivity index (χ2n) is 3.22. The van der Waals surface area contributed by atoms with Gasteiger partial charge in [-0.05, 0) is 25.2 Å². The van der Waals surface area contributed by atoms with Crippen molar-refractivity contribution in [3.8, 4) is 0 Å². The molecule has 1 saturated heterocycles. The molecule has 0 bridgehead atoms. The molecular formula is C9H12OS. The van der Waals surface area contributed by atoms with Gasteiger partial charge < -0.3 is 4.79 Å². The molecule has 0 saturated carbocycles. The molecule has 60 valence electrons. The van der Waals surface area contributed by atoms with Crippen molar-refractivity contribution in [3.63, 3.8) is 0 Å². The molecule has 1 nitrogen and oxygen atoms in total. The number of hydrogen-bond donors (Lipinski definition) is 0. The Hall–Kier alpha value is -0.240. The summed E-state index contributed by atoms with van der Waals surface area (Å²) in [5.74, 6) is 1.92. The first-order valence-corrected chi connectivity index (χ1v) is 5.23. The van der Waals surface area contributed by atoms with Crippen LogP contribution in [-0.4, -0.2) is 17.3 Å². The van der Waals surface area contributed by atoms with Gasteiger partial charge in [0.15, 0.2) is 0 Å². The van der Waals surface area contributed by atoms with Crippen LogP contribution < -0.4 is 0 Å². The lowest BCUT2D eigenvalue weighted by Gasteiger charge is -2.16. The van der Waals surface area contributed by atoms with Gasteiger partial charge in [-0.15, -0.1) is 11.8 Å². The van der Waals surface area contributed by atoms with Crippen LogP contribution in [0.5, 0.6) is 0 Å². The minimum Gasteiger partial charge on any atom is -0.302 e. The van der Waals surface area contributed by atoms with E-state index in [-0.39, 0.29) is 5.25 Å². The summed E-state index contributed by atoms with van der Waals surface area (Å²) in [6.45, 7) is 0. The second kappa shape index (κ2) is 3.02. The first-order chi connectivity index (χ1) is 5.42. The number of carbonyl (C=O) groups excluding carboxylic acids is 1. The van der Waals surface area contributed by atoms with E-state index in [0.29, 0.717) is 0 Å². The van der Waals surface area contributed by atoms with Crippen molar-refractivity contribution in [3.05, 3.63) is 11.6 Å². The Morgan fingerprint density at radius 2 is 2.55 bits per heavy atom. The van der Waals surface area contributed by atoms with E-state index >= 15 is 0 Å². The molecule has 2 aliphatic rings. The first kappa shape index (κ1) is 7.41. The van der Waals surface area contributed by atoms with Crippen molar-refractivity contribution in [2.45, 2.75) is 24.5 Å². The number of rotatable bonds is 1. The molecule has 0 N–H and O–H groups in total. The van der Waals surface area contributed by atoms with Gasteiger partial charge in [-0.3, -0.25) is 0 Å². The lowest BCUT2D eigenvalue weighted by Crippen LogP contribution is -2.11. The molecule has 2 heteroatoms. The highest BCUT2D eigenvalue weighted by Crippen LogP contribution is 2.40. The van der Waals surface area contributed by atoms with Gasteiger partial charge in [-0.2, -0.15) is 0 Å². The number of hydrogen-bond acceptors (Lipinski definition) is 2. The Morgan fingerprint density at radius 3 is 3.36 bits per heavy atom. The quantitative estimate of drug-likeness (QED) is 0.440. The van der Waals surface area contributed by atoms with Crippen LogP contribution >= 0.6 is 11.8 Å². The van der Waals surface area contributed by atoms with Crippen LogP contribution in [-0.2, 0) is 4.79 Å². The van der Waals surface area contributed by atoms with Crippen LogP contribution in [0.1, 0.15) is 19.3 Å². The topological polar surface area (TPSA) is 17.1 Å². The van der Waals surface area contributed by atoms with Crippen molar-refractivity contribution in [2.75, 3.05) is 5.75 Å². The minimum absolute atomic E-state index is 0.209. The molecular weight excluding hydrogens is 156 g/mol. The van der Waals surface area contributed by atoms with Crippen molar-refractivity contribution in [2.24, 2.45) is 5.92 Å². The molecule has 0 aromatic heterocycles. The van der Waals surface area contributed by atoms with Gasteiger partial charge in [0, 0.05) is 5.75 Å². The summed E-state index contributed by atoms with van der Waals surface area (Å²) in [6, 6.07) is 0. The van der Waals surface area contributed by atoms with Gasteiger partial charge in [0.2, 0.25) is 0 Å². The summed E-state index contributed by atoms with van der Waals surface area (Å²) >= 11 is 1.81. The number of aldehydes is 1. The maximum atomic E-state index is 10.6. The zero-order valence-electron chi connectivity index (χ0n) is 6.45. The molecule has 1 aliphatic carbocycles. The number of fused-ring (bicyclic) bond motifs is 1. The van der Waals surface area contributed by atoms with Crippen molar-refractivity contribution < 1.29 is 4.79 Å². The van der Waals surface area contributed by atoms with E-state index in [1.54, 1.807) is 0 Å². The Labute approximate surface area is 71.2 Å². The fourth-order valence-electron chi connectivity index (χ4n) is 1.93. The normalized spacial score (nSPS) is 36.2. The Kier molecular flexibility index (Phi) is 2.03. The molecule has 11 heavy (non-hydrogen) atoms. The molecule has 1 aliphatic heterocycles. The largest absolute Gasteiger partial charge is 0.302 e. The smallest absolute Gasteiger partial charge is 0.137 e. The monoisotopic (exact) mass is 168 g/mol. The first-order valence-electron chi connectivity index (χ1n) is 4.18. The molecule has 1 heterocycles. The summed E-state index contributed by atoms with van der Waals surface area (Å²) in [5, 5.41) is 0.209. The van der Waals surface area contributed by atoms with E-state index in [1.165, 1.54) is 30.6 Å². The summed E-state index contributed by atoms with van der Waals surface area (Å²) in [4.78, 5) is 10.6. The zero-order chi connectivity index (χ0) is 7.68. The molecule has 2 atom stereocenters. The second-order valence-corrected chi connectivity index (χ2v) is 4.40. The van der Waals surface area contributed by atoms with Crippen LogP contribution in [0.4, 0.5) is 0 Å². The highest BCUT2D eigenvalue weighted by Gasteiger charge is 2.31. The summed E-state index contributed by atoms with van der Waals surface area (Å²) in [5.41, 5.74) is 1.43. The molecule has 2 unspecified atom stereocenters. The third-order valence-corrected chi connectivity index (χ3v) is 3.87. The van der Waals surface area contributed by atoms with E-state index in [9.17, 15) is 4.79 Å². The van der Waals surface area contributed by atoms with Crippen LogP contribution in [0.2, 0.25) is 0 Å². The lowest BCUT2D eigenvalue weighted by atomic mass is 9.88. The third-order valence-electron chi connectivity index (χ3n) is 2.54. The number of allylic oxidation sites excluding steroid dienone is 1. The fourth-order valence-corrected chi connectivity index (χ4v) is 3.29. The third kappa shape index (κ3) is 1.24. The van der Waals surface area contributed by atoms with E-state index in [4.69, 9.17) is 0 Å². The minimum atomic E-state index is 0.209. The summed E-state index contributed by atoms with van der Waals surface area (Å²) < 4.78 is 0. The van der Waals surface area contributed by atoms with Crippen LogP contribution in [0.3, 0.4) is 0 Å². The van der Waals surface area contributed by atoms with Gasteiger partial charge in [-0.1, -0.05) is 11.6 Å². The number of thioether (sulfide) groups is 1. The van der Waals surface area contributed by atoms with Gasteiger partial charge in [0.1, 0.15) is 6.29 Å². The van der Waals surface area contributed by atoms with Gasteiger partial charge in [0.05, 0.1) is 5.25 Å². The summed E-state index contributed by atoms with van der Waals surface area (Å²) in [6.07, 6.45) is 7.20. The molecule has 0 amide bonds. The van der Waals surface area contributed by atoms with Crippen LogP contribution in [0.25, 0.3) is 0 Å². The Balaban J connectivity index is 2.19. The average Bonchev–Trinajstić information content (AvgIpc) is 2.47. The molecule has 0 radical (unpaired) electrons. The van der Waals surface area contributed by atoms with Crippen molar-refractivity contribution in [1.29, 1.82) is 0 Å². The van der Waals surface area contributed by atoms with E-state index in [2.05, 4.69) is 6.08 Å². The van der Waals surface area contributed by atoms with Crippen LogP contribution in [0.15, 0.2) is 11.6 Å². The predicted octanol–water partition coefficient (Wildman–Crippen LogP) is 2.03. The molecule has 0 aromatic rings. The Bertz CT molecular complexity index is 198. The number of carbonyl (C=O) groups is 1. The molecule has 0 aromatic carbocycles. The Morgan fingerprint density at radius 1 is 1.64 bits per heavy atom. The van der Waals surface area contributed by atoms with Crippen molar-refractivity contribution in [1.82, 2.24) is 0 Å².